The molecule has 1 atom stereocenters. The molecule has 0 saturated carbocycles. The van der Waals surface area contributed by atoms with Crippen LogP contribution >= 0.6 is 11.3 Å². The summed E-state index contributed by atoms with van der Waals surface area (Å²) in [5.41, 5.74) is 25.9. The number of hydrogen-bond acceptors (Lipinski definition) is 3. The minimum Gasteiger partial charge on any atom is -0.311 e. The summed E-state index contributed by atoms with van der Waals surface area (Å²) in [4.78, 5) is 5.39. The lowest BCUT2D eigenvalue weighted by atomic mass is 9.35. The van der Waals surface area contributed by atoms with Crippen LogP contribution in [0.25, 0.3) is 15.7 Å². The third-order valence-corrected chi connectivity index (χ3v) is 20.3. The molecule has 0 spiro atoms. The Morgan fingerprint density at radius 3 is 1.94 bits per heavy atom. The van der Waals surface area contributed by atoms with Crippen molar-refractivity contribution in [3.63, 3.8) is 0 Å². The Kier molecular flexibility index (Phi) is 9.35. The number of anilines is 5. The Morgan fingerprint density at radius 2 is 1.26 bits per heavy atom. The van der Waals surface area contributed by atoms with Crippen LogP contribution in [0.3, 0.4) is 0 Å². The van der Waals surface area contributed by atoms with Crippen molar-refractivity contribution >= 4 is 77.8 Å². The van der Waals surface area contributed by atoms with Crippen molar-refractivity contribution in [1.29, 1.82) is 0 Å². The van der Waals surface area contributed by atoms with Gasteiger partial charge in [0.2, 0.25) is 0 Å². The van der Waals surface area contributed by atoms with E-state index in [9.17, 15) is 0 Å². The molecule has 0 bridgehead atoms. The van der Waals surface area contributed by atoms with E-state index in [1.54, 1.807) is 0 Å². The highest BCUT2D eigenvalue weighted by molar-refractivity contribution is 7.33. The Morgan fingerprint density at radius 1 is 0.652 bits per heavy atom. The minimum absolute atomic E-state index is 0.0469. The molecule has 2 aliphatic heterocycles. The van der Waals surface area contributed by atoms with Crippen LogP contribution in [0.2, 0.25) is 0 Å². The number of rotatable bonds is 3. The molecule has 0 amide bonds. The van der Waals surface area contributed by atoms with Crippen molar-refractivity contribution in [2.24, 2.45) is 0 Å². The molecule has 0 N–H and O–H groups in total. The van der Waals surface area contributed by atoms with E-state index in [1.807, 2.05) is 0 Å². The lowest BCUT2D eigenvalue weighted by Crippen LogP contribution is -2.61. The molecule has 0 fully saturated rings. The smallest absolute Gasteiger partial charge is 0.264 e. The van der Waals surface area contributed by atoms with Gasteiger partial charge >= 0.3 is 0 Å². The summed E-state index contributed by atoms with van der Waals surface area (Å²) in [7, 11) is 0. The Labute approximate surface area is 418 Å². The summed E-state index contributed by atoms with van der Waals surface area (Å²) in [5, 5.41) is 1.40. The first-order valence-corrected chi connectivity index (χ1v) is 27.1. The van der Waals surface area contributed by atoms with Crippen LogP contribution in [0.1, 0.15) is 185 Å². The maximum atomic E-state index is 4.94. The molecule has 4 aliphatic carbocycles. The highest BCUT2D eigenvalue weighted by Gasteiger charge is 2.50. The Hall–Kier alpha value is -5.06. The Bertz CT molecular complexity index is 3320. The van der Waals surface area contributed by atoms with Crippen LogP contribution in [0.15, 0.2) is 109 Å². The maximum Gasteiger partial charge on any atom is 0.264 e. The molecule has 1 aromatic heterocycles. The van der Waals surface area contributed by atoms with Gasteiger partial charge in [-0.1, -0.05) is 140 Å². The molecule has 0 radical (unpaired) electrons. The van der Waals surface area contributed by atoms with E-state index < -0.39 is 0 Å². The summed E-state index contributed by atoms with van der Waals surface area (Å²) >= 11 is 2.07. The molecule has 12 rings (SSSR count). The highest BCUT2D eigenvalue weighted by Crippen LogP contribution is 2.57. The third-order valence-electron chi connectivity index (χ3n) is 19.1. The van der Waals surface area contributed by atoms with E-state index in [4.69, 9.17) is 13.2 Å². The molecule has 0 saturated heterocycles. The average Bonchev–Trinajstić information content (AvgIpc) is 3.76. The topological polar surface area (TPSA) is 6.48 Å². The molecular weight excluding hydrogens is 852 g/mol. The van der Waals surface area contributed by atoms with Crippen LogP contribution in [0.4, 0.5) is 28.4 Å². The first-order chi connectivity index (χ1) is 32.4. The van der Waals surface area contributed by atoms with Gasteiger partial charge in [0.05, 0.1) is 11.4 Å². The number of aryl methyl sites for hydroxylation is 1. The van der Waals surface area contributed by atoms with E-state index in [0.717, 1.165) is 11.3 Å². The van der Waals surface area contributed by atoms with Crippen LogP contribution in [0.5, 0.6) is 0 Å². The summed E-state index contributed by atoms with van der Waals surface area (Å²) in [6, 6.07) is 32.3. The van der Waals surface area contributed by atoms with E-state index >= 15 is 0 Å². The van der Waals surface area contributed by atoms with Gasteiger partial charge in [-0.2, -0.15) is 0 Å². The fourth-order valence-corrected chi connectivity index (χ4v) is 15.7. The minimum atomic E-state index is -0.222. The van der Waals surface area contributed by atoms with Gasteiger partial charge in [0.15, 0.2) is 0 Å². The second kappa shape index (κ2) is 14.3. The number of allylic oxidation sites excluding steroid dienone is 3. The van der Waals surface area contributed by atoms with Gasteiger partial charge < -0.3 is 9.80 Å². The fourth-order valence-electron chi connectivity index (χ4n) is 14.3. The number of hydrogen-bond donors (Lipinski definition) is 0. The number of benzene rings is 5. The number of nitrogens with zero attached hydrogens (tertiary/aromatic N) is 2. The lowest BCUT2D eigenvalue weighted by molar-refractivity contribution is 0.332. The highest BCUT2D eigenvalue weighted by atomic mass is 32.1. The molecule has 5 aromatic carbocycles. The zero-order valence-electron chi connectivity index (χ0n) is 44.2. The van der Waals surface area contributed by atoms with Gasteiger partial charge in [-0.05, 0) is 194 Å². The van der Waals surface area contributed by atoms with Gasteiger partial charge in [-0.25, -0.2) is 0 Å². The second-order valence-electron chi connectivity index (χ2n) is 26.2. The third kappa shape index (κ3) is 6.15. The largest absolute Gasteiger partial charge is 0.311 e. The summed E-state index contributed by atoms with van der Waals surface area (Å²) in [5.74, 6) is 0.478. The first kappa shape index (κ1) is 45.1. The zero-order chi connectivity index (χ0) is 48.9. The molecule has 1 unspecified atom stereocenters. The predicted octanol–water partition coefficient (Wildman–Crippen LogP) is 16.3. The zero-order valence-corrected chi connectivity index (χ0v) is 45.0. The van der Waals surface area contributed by atoms with E-state index in [1.165, 1.54) is 148 Å². The SMILES string of the molecule is C=C/C(=C1\C(=C)C(C)(C)c2ccccc21)N1c2cc3c(cc2B2c4sc5cc6c(cc5c4N(c4ccc5c(c4)C(C)(C)CCC5(C)C)c4cc(C)cc1c42)C(C)(C)CCC6(C)C)C(C)CCC3(C)C. The van der Waals surface area contributed by atoms with Crippen molar-refractivity contribution in [2.75, 3.05) is 9.80 Å². The summed E-state index contributed by atoms with van der Waals surface area (Å²) < 4.78 is 2.87. The van der Waals surface area contributed by atoms with E-state index in [0.29, 0.717) is 5.92 Å². The molecular formula is C65H73BN2S. The summed E-state index contributed by atoms with van der Waals surface area (Å²) in [6.07, 6.45) is 9.30. The van der Waals surface area contributed by atoms with Gasteiger partial charge in [0.1, 0.15) is 0 Å². The number of thiophene rings is 1. The van der Waals surface area contributed by atoms with Crippen LogP contribution < -0.4 is 25.5 Å². The van der Waals surface area contributed by atoms with E-state index in [2.05, 4.69) is 203 Å². The first-order valence-electron chi connectivity index (χ1n) is 26.2. The molecule has 2 nitrogen and oxygen atoms in total. The molecule has 352 valence electrons. The number of fused-ring (bicyclic) bond motifs is 10. The maximum absolute atomic E-state index is 4.94. The van der Waals surface area contributed by atoms with Crippen LogP contribution in [-0.2, 0) is 32.5 Å². The molecule has 4 heteroatoms. The summed E-state index contributed by atoms with van der Waals surface area (Å²) in [6.45, 7) is 44.0. The van der Waals surface area contributed by atoms with Crippen molar-refractivity contribution in [1.82, 2.24) is 0 Å². The normalized spacial score (nSPS) is 23.0. The molecule has 3 heterocycles. The average molecular weight is 925 g/mol. The van der Waals surface area contributed by atoms with Gasteiger partial charge in [-0.3, -0.25) is 0 Å². The van der Waals surface area contributed by atoms with Crippen molar-refractivity contribution in [3.8, 4) is 0 Å². The fraction of sp³-hybridized carbons (Fsp3) is 0.415. The predicted molar refractivity (Wildman–Crippen MR) is 301 cm³/mol. The van der Waals surface area contributed by atoms with Crippen molar-refractivity contribution in [2.45, 2.75) is 174 Å². The Balaban J connectivity index is 1.23. The standard InChI is InChI=1S/C65H73BN2S/c1-17-51(56-39(4)65(15,16)44-21-19-18-20-41(44)56)68-52-35-46-42(38(3)24-25-60(46,5)6)34-50(52)66-57-53(30-37(2)31-54(57)68)67(40-22-23-45-47(32-40)62(9,10)27-26-61(45,7)8)58-43-33-48-49(36-55(43)69-59(58)66)64(13,14)29-28-63(48,11)12/h17-23,30-36,38H,1,4,24-29H2,2-3,5-16H3/b56-51-. The van der Waals surface area contributed by atoms with Crippen molar-refractivity contribution in [3.05, 3.63) is 159 Å². The lowest BCUT2D eigenvalue weighted by Gasteiger charge is -2.46. The second-order valence-corrected chi connectivity index (χ2v) is 27.3. The van der Waals surface area contributed by atoms with Crippen LogP contribution in [0, 0.1) is 6.92 Å². The van der Waals surface area contributed by atoms with Gasteiger partial charge in [-0.15, -0.1) is 11.3 Å². The monoisotopic (exact) mass is 925 g/mol. The van der Waals surface area contributed by atoms with Crippen LogP contribution in [-0.4, -0.2) is 6.71 Å². The van der Waals surface area contributed by atoms with Crippen molar-refractivity contribution < 1.29 is 0 Å². The van der Waals surface area contributed by atoms with Gasteiger partial charge in [0.25, 0.3) is 6.71 Å². The molecule has 69 heavy (non-hydrogen) atoms. The van der Waals surface area contributed by atoms with Gasteiger partial charge in [0, 0.05) is 48.6 Å². The quantitative estimate of drug-likeness (QED) is 0.163. The molecule has 6 aliphatic rings. The van der Waals surface area contributed by atoms with E-state index in [-0.39, 0.29) is 39.2 Å². The molecule has 6 aromatic rings.